The summed E-state index contributed by atoms with van der Waals surface area (Å²) in [6.07, 6.45) is 0. The summed E-state index contributed by atoms with van der Waals surface area (Å²) in [5.41, 5.74) is 0.430. The first-order valence-electron chi connectivity index (χ1n) is 5.31. The quantitative estimate of drug-likeness (QED) is 0.776. The molecule has 0 bridgehead atoms. The van der Waals surface area contributed by atoms with Crippen molar-refractivity contribution in [1.29, 1.82) is 0 Å². The van der Waals surface area contributed by atoms with Crippen molar-refractivity contribution in [3.8, 4) is 11.5 Å². The topological polar surface area (TPSA) is 26.3 Å². The number of para-hydroxylation sites is 1. The summed E-state index contributed by atoms with van der Waals surface area (Å²) in [7, 11) is 0. The SMILES string of the molecule is CC(=O)c1ccccc1Oc1ccc(Br)cc1F. The third kappa shape index (κ3) is 2.76. The number of rotatable bonds is 3. The standard InChI is InChI=1S/C14H10BrFO2/c1-9(17)11-4-2-3-5-13(11)18-14-7-6-10(15)8-12(14)16/h2-8H,1H3. The summed E-state index contributed by atoms with van der Waals surface area (Å²) >= 11 is 3.17. The molecule has 2 aromatic rings. The van der Waals surface area contributed by atoms with Crippen molar-refractivity contribution < 1.29 is 13.9 Å². The molecule has 0 unspecified atom stereocenters. The van der Waals surface area contributed by atoms with Crippen LogP contribution in [-0.2, 0) is 0 Å². The number of Topliss-reactive ketones (excluding diaryl/α,β-unsaturated/α-hetero) is 1. The van der Waals surface area contributed by atoms with Crippen LogP contribution in [-0.4, -0.2) is 5.78 Å². The van der Waals surface area contributed by atoms with E-state index in [0.717, 1.165) is 0 Å². The van der Waals surface area contributed by atoms with E-state index in [1.165, 1.54) is 19.1 Å². The summed E-state index contributed by atoms with van der Waals surface area (Å²) < 4.78 is 19.7. The fourth-order valence-electron chi connectivity index (χ4n) is 1.52. The number of hydrogen-bond donors (Lipinski definition) is 0. The average Bonchev–Trinajstić information content (AvgIpc) is 2.33. The van der Waals surface area contributed by atoms with Gasteiger partial charge in [-0.05, 0) is 37.3 Å². The second-order valence-electron chi connectivity index (χ2n) is 3.73. The minimum Gasteiger partial charge on any atom is -0.454 e. The molecule has 92 valence electrons. The number of hydrogen-bond acceptors (Lipinski definition) is 2. The van der Waals surface area contributed by atoms with E-state index in [1.54, 1.807) is 30.3 Å². The molecule has 0 spiro atoms. The molecule has 0 aromatic heterocycles. The summed E-state index contributed by atoms with van der Waals surface area (Å²) in [5, 5.41) is 0. The highest BCUT2D eigenvalue weighted by Gasteiger charge is 2.11. The number of ketones is 1. The van der Waals surface area contributed by atoms with Gasteiger partial charge in [-0.2, -0.15) is 0 Å². The van der Waals surface area contributed by atoms with Crippen molar-refractivity contribution in [2.24, 2.45) is 0 Å². The van der Waals surface area contributed by atoms with Crippen LogP contribution in [0.5, 0.6) is 11.5 Å². The largest absolute Gasteiger partial charge is 0.454 e. The maximum Gasteiger partial charge on any atom is 0.166 e. The highest BCUT2D eigenvalue weighted by Crippen LogP contribution is 2.29. The molecule has 0 fully saturated rings. The Bertz CT molecular complexity index is 596. The third-order valence-electron chi connectivity index (χ3n) is 2.38. The Hall–Kier alpha value is -1.68. The van der Waals surface area contributed by atoms with Crippen LogP contribution in [0.4, 0.5) is 4.39 Å². The van der Waals surface area contributed by atoms with Crippen LogP contribution >= 0.6 is 15.9 Å². The lowest BCUT2D eigenvalue weighted by molar-refractivity contribution is 0.101. The summed E-state index contributed by atoms with van der Waals surface area (Å²) in [5.74, 6) is -0.163. The van der Waals surface area contributed by atoms with Crippen LogP contribution in [0.25, 0.3) is 0 Å². The van der Waals surface area contributed by atoms with E-state index in [4.69, 9.17) is 4.74 Å². The minimum atomic E-state index is -0.484. The minimum absolute atomic E-state index is 0.0897. The van der Waals surface area contributed by atoms with Crippen LogP contribution < -0.4 is 4.74 Å². The van der Waals surface area contributed by atoms with Crippen LogP contribution in [0.15, 0.2) is 46.9 Å². The first-order valence-corrected chi connectivity index (χ1v) is 6.10. The molecule has 0 amide bonds. The number of halogens is 2. The van der Waals surface area contributed by atoms with Gasteiger partial charge in [0.2, 0.25) is 0 Å². The van der Waals surface area contributed by atoms with Crippen molar-refractivity contribution in [1.82, 2.24) is 0 Å². The Kier molecular flexibility index (Phi) is 3.77. The lowest BCUT2D eigenvalue weighted by Gasteiger charge is -2.09. The van der Waals surface area contributed by atoms with Crippen molar-refractivity contribution in [2.75, 3.05) is 0 Å². The summed E-state index contributed by atoms with van der Waals surface area (Å²) in [6.45, 7) is 1.44. The highest BCUT2D eigenvalue weighted by molar-refractivity contribution is 9.10. The molecule has 0 radical (unpaired) electrons. The van der Waals surface area contributed by atoms with Gasteiger partial charge in [0.25, 0.3) is 0 Å². The molecule has 2 rings (SSSR count). The average molecular weight is 309 g/mol. The maximum atomic E-state index is 13.6. The lowest BCUT2D eigenvalue weighted by Crippen LogP contribution is -1.97. The van der Waals surface area contributed by atoms with E-state index in [9.17, 15) is 9.18 Å². The zero-order valence-corrected chi connectivity index (χ0v) is 11.2. The highest BCUT2D eigenvalue weighted by atomic mass is 79.9. The van der Waals surface area contributed by atoms with Gasteiger partial charge in [-0.15, -0.1) is 0 Å². The van der Waals surface area contributed by atoms with Gasteiger partial charge < -0.3 is 4.74 Å². The van der Waals surface area contributed by atoms with Crippen LogP contribution in [0.2, 0.25) is 0 Å². The third-order valence-corrected chi connectivity index (χ3v) is 2.87. The van der Waals surface area contributed by atoms with Crippen molar-refractivity contribution in [3.63, 3.8) is 0 Å². The van der Waals surface area contributed by atoms with E-state index in [2.05, 4.69) is 15.9 Å². The number of benzene rings is 2. The smallest absolute Gasteiger partial charge is 0.166 e. The molecule has 0 atom stereocenters. The Morgan fingerprint density at radius 3 is 2.56 bits per heavy atom. The fourth-order valence-corrected chi connectivity index (χ4v) is 1.86. The van der Waals surface area contributed by atoms with E-state index >= 15 is 0 Å². The van der Waals surface area contributed by atoms with Gasteiger partial charge >= 0.3 is 0 Å². The molecule has 2 nitrogen and oxygen atoms in total. The van der Waals surface area contributed by atoms with E-state index in [1.807, 2.05) is 0 Å². The second kappa shape index (κ2) is 5.31. The molecule has 4 heteroatoms. The van der Waals surface area contributed by atoms with Gasteiger partial charge in [0, 0.05) is 4.47 Å². The predicted molar refractivity (Wildman–Crippen MR) is 70.6 cm³/mol. The van der Waals surface area contributed by atoms with Crippen molar-refractivity contribution in [2.45, 2.75) is 6.92 Å². The maximum absolute atomic E-state index is 13.6. The normalized spacial score (nSPS) is 10.2. The van der Waals surface area contributed by atoms with E-state index in [0.29, 0.717) is 15.8 Å². The summed E-state index contributed by atoms with van der Waals surface area (Å²) in [6, 6.07) is 11.3. The number of ether oxygens (including phenoxy) is 1. The first kappa shape index (κ1) is 12.8. The molecule has 0 aliphatic heterocycles. The molecule has 0 saturated carbocycles. The van der Waals surface area contributed by atoms with Crippen molar-refractivity contribution >= 4 is 21.7 Å². The molecule has 0 heterocycles. The van der Waals surface area contributed by atoms with Gasteiger partial charge in [-0.25, -0.2) is 4.39 Å². The Labute approximate surface area is 113 Å². The predicted octanol–water partition coefficient (Wildman–Crippen LogP) is 4.58. The Morgan fingerprint density at radius 1 is 1.17 bits per heavy atom. The number of carbonyl (C=O) groups excluding carboxylic acids is 1. The molecule has 0 aliphatic carbocycles. The first-order chi connectivity index (χ1) is 8.58. The lowest BCUT2D eigenvalue weighted by atomic mass is 10.1. The van der Waals surface area contributed by atoms with Crippen LogP contribution in [0.1, 0.15) is 17.3 Å². The van der Waals surface area contributed by atoms with Crippen molar-refractivity contribution in [3.05, 3.63) is 58.3 Å². The second-order valence-corrected chi connectivity index (χ2v) is 4.64. The van der Waals surface area contributed by atoms with Crippen LogP contribution in [0, 0.1) is 5.82 Å². The van der Waals surface area contributed by atoms with Crippen LogP contribution in [0.3, 0.4) is 0 Å². The monoisotopic (exact) mass is 308 g/mol. The summed E-state index contributed by atoms with van der Waals surface area (Å²) in [4.78, 5) is 11.4. The van der Waals surface area contributed by atoms with Gasteiger partial charge in [0.15, 0.2) is 17.3 Å². The Morgan fingerprint density at radius 2 is 1.89 bits per heavy atom. The van der Waals surface area contributed by atoms with E-state index < -0.39 is 5.82 Å². The molecule has 2 aromatic carbocycles. The number of carbonyl (C=O) groups is 1. The van der Waals surface area contributed by atoms with E-state index in [-0.39, 0.29) is 11.5 Å². The molecule has 0 saturated heterocycles. The molecule has 18 heavy (non-hydrogen) atoms. The molecule has 0 aliphatic rings. The fraction of sp³-hybridized carbons (Fsp3) is 0.0714. The molecule has 0 N–H and O–H groups in total. The zero-order chi connectivity index (χ0) is 13.1. The van der Waals surface area contributed by atoms with Gasteiger partial charge in [0.05, 0.1) is 5.56 Å². The molecular weight excluding hydrogens is 299 g/mol. The van der Waals surface area contributed by atoms with Gasteiger partial charge in [-0.1, -0.05) is 28.1 Å². The van der Waals surface area contributed by atoms with Gasteiger partial charge in [0.1, 0.15) is 5.75 Å². The van der Waals surface area contributed by atoms with Gasteiger partial charge in [-0.3, -0.25) is 4.79 Å². The zero-order valence-electron chi connectivity index (χ0n) is 9.61. The Balaban J connectivity index is 2.37. The molecular formula is C14H10BrFO2.